The molecule has 1 nitrogen and oxygen atoms in total. The van der Waals surface area contributed by atoms with Crippen molar-refractivity contribution in [1.82, 2.24) is 0 Å². The van der Waals surface area contributed by atoms with Gasteiger partial charge in [0.2, 0.25) is 0 Å². The molecule has 0 aliphatic heterocycles. The van der Waals surface area contributed by atoms with Gasteiger partial charge in [0.15, 0.2) is 0 Å². The molecule has 0 bridgehead atoms. The normalized spacial score (nSPS) is 11.3. The van der Waals surface area contributed by atoms with Crippen LogP contribution in [0.2, 0.25) is 0 Å². The molecule has 0 unspecified atom stereocenters. The van der Waals surface area contributed by atoms with Gasteiger partial charge in [-0.05, 0) is 23.4 Å². The van der Waals surface area contributed by atoms with E-state index < -0.39 is 0 Å². The molecule has 0 atom stereocenters. The van der Waals surface area contributed by atoms with E-state index in [1.807, 2.05) is 30.3 Å². The van der Waals surface area contributed by atoms with Crippen LogP contribution in [-0.2, 0) is 0 Å². The Hall–Kier alpha value is -1.47. The zero-order valence-electron chi connectivity index (χ0n) is 8.99. The highest BCUT2D eigenvalue weighted by atomic mass is 35.5. The maximum Gasteiger partial charge on any atom is 0.0394 e. The van der Waals surface area contributed by atoms with E-state index in [1.54, 1.807) is 0 Å². The van der Waals surface area contributed by atoms with Crippen molar-refractivity contribution in [2.45, 2.75) is 6.42 Å². The van der Waals surface area contributed by atoms with Gasteiger partial charge in [-0.15, -0.1) is 11.6 Å². The van der Waals surface area contributed by atoms with E-state index in [9.17, 15) is 0 Å². The van der Waals surface area contributed by atoms with Gasteiger partial charge in [-0.25, -0.2) is 0 Å². The minimum atomic E-state index is 0.656. The van der Waals surface area contributed by atoms with E-state index in [-0.39, 0.29) is 0 Å². The first-order valence-electron chi connectivity index (χ1n) is 5.32. The molecule has 0 heterocycles. The van der Waals surface area contributed by atoms with Crippen molar-refractivity contribution in [1.29, 1.82) is 0 Å². The summed E-state index contributed by atoms with van der Waals surface area (Å²) in [5.41, 5.74) is 7.95. The number of rotatable bonds is 3. The molecule has 0 saturated carbocycles. The lowest BCUT2D eigenvalue weighted by atomic mass is 10.0. The Morgan fingerprint density at radius 2 is 1.81 bits per heavy atom. The minimum Gasteiger partial charge on any atom is -0.398 e. The van der Waals surface area contributed by atoms with Crippen LogP contribution in [0.5, 0.6) is 0 Å². The molecular formula is C14H14ClN. The Morgan fingerprint density at radius 3 is 2.56 bits per heavy atom. The quantitative estimate of drug-likeness (QED) is 0.626. The van der Waals surface area contributed by atoms with Crippen LogP contribution in [0.4, 0.5) is 5.69 Å². The molecule has 0 fully saturated rings. The summed E-state index contributed by atoms with van der Waals surface area (Å²) >= 11 is 5.64. The highest BCUT2D eigenvalue weighted by molar-refractivity contribution is 6.17. The summed E-state index contributed by atoms with van der Waals surface area (Å²) in [6, 6.07) is 12.2. The average molecular weight is 232 g/mol. The molecule has 2 heteroatoms. The van der Waals surface area contributed by atoms with Crippen LogP contribution < -0.4 is 5.73 Å². The van der Waals surface area contributed by atoms with Gasteiger partial charge in [-0.3, -0.25) is 0 Å². The molecule has 2 rings (SSSR count). The fraction of sp³-hybridized carbons (Fsp3) is 0.143. The Labute approximate surface area is 101 Å². The SMILES string of the molecule is Nc1ccc(C=CCCCl)c2ccccc12. The maximum atomic E-state index is 5.93. The number of hydrogen-bond acceptors (Lipinski definition) is 1. The molecule has 0 saturated heterocycles. The first-order valence-corrected chi connectivity index (χ1v) is 5.86. The molecule has 2 N–H and O–H groups in total. The maximum absolute atomic E-state index is 5.93. The fourth-order valence-electron chi connectivity index (χ4n) is 1.76. The number of nitrogens with two attached hydrogens (primary N) is 1. The van der Waals surface area contributed by atoms with E-state index in [4.69, 9.17) is 17.3 Å². The number of alkyl halides is 1. The number of allylic oxidation sites excluding steroid dienone is 1. The molecule has 0 aliphatic carbocycles. The molecule has 0 radical (unpaired) electrons. The second-order valence-corrected chi connectivity index (χ2v) is 4.05. The lowest BCUT2D eigenvalue weighted by Gasteiger charge is -2.05. The average Bonchev–Trinajstić information content (AvgIpc) is 2.33. The molecule has 82 valence electrons. The van der Waals surface area contributed by atoms with Crippen molar-refractivity contribution in [3.8, 4) is 0 Å². The van der Waals surface area contributed by atoms with Gasteiger partial charge in [0.25, 0.3) is 0 Å². The van der Waals surface area contributed by atoms with Crippen LogP contribution in [0.1, 0.15) is 12.0 Å². The molecule has 0 amide bonds. The Kier molecular flexibility index (Phi) is 3.47. The van der Waals surface area contributed by atoms with Crippen molar-refractivity contribution in [3.63, 3.8) is 0 Å². The van der Waals surface area contributed by atoms with E-state index in [0.717, 1.165) is 17.5 Å². The molecular weight excluding hydrogens is 218 g/mol. The number of halogens is 1. The third-order valence-electron chi connectivity index (χ3n) is 2.56. The summed E-state index contributed by atoms with van der Waals surface area (Å²) in [6.45, 7) is 0. The summed E-state index contributed by atoms with van der Waals surface area (Å²) in [4.78, 5) is 0. The van der Waals surface area contributed by atoms with E-state index >= 15 is 0 Å². The van der Waals surface area contributed by atoms with Crippen molar-refractivity contribution in [2.75, 3.05) is 11.6 Å². The van der Waals surface area contributed by atoms with E-state index in [1.165, 1.54) is 10.9 Å². The van der Waals surface area contributed by atoms with Gasteiger partial charge < -0.3 is 5.73 Å². The fourth-order valence-corrected chi connectivity index (χ4v) is 1.89. The van der Waals surface area contributed by atoms with Gasteiger partial charge in [-0.1, -0.05) is 42.5 Å². The molecule has 16 heavy (non-hydrogen) atoms. The zero-order chi connectivity index (χ0) is 11.4. The Balaban J connectivity index is 2.50. The van der Waals surface area contributed by atoms with Crippen molar-refractivity contribution in [3.05, 3.63) is 48.0 Å². The monoisotopic (exact) mass is 231 g/mol. The first kappa shape index (κ1) is 11.0. The minimum absolute atomic E-state index is 0.656. The van der Waals surface area contributed by atoms with Gasteiger partial charge in [0.05, 0.1) is 0 Å². The van der Waals surface area contributed by atoms with Crippen LogP contribution in [0, 0.1) is 0 Å². The van der Waals surface area contributed by atoms with Gasteiger partial charge >= 0.3 is 0 Å². The van der Waals surface area contributed by atoms with Gasteiger partial charge in [0, 0.05) is 17.0 Å². The van der Waals surface area contributed by atoms with Crippen LogP contribution >= 0.6 is 11.6 Å². The van der Waals surface area contributed by atoms with E-state index in [0.29, 0.717) is 5.88 Å². The third kappa shape index (κ3) is 2.20. The smallest absolute Gasteiger partial charge is 0.0394 e. The predicted octanol–water partition coefficient (Wildman–Crippen LogP) is 4.06. The summed E-state index contributed by atoms with van der Waals surface area (Å²) < 4.78 is 0. The largest absolute Gasteiger partial charge is 0.398 e. The standard InChI is InChI=1S/C14H14ClN/c15-10-4-3-5-11-8-9-14(16)13-7-2-1-6-12(11)13/h1-3,5-9H,4,10,16H2. The van der Waals surface area contributed by atoms with Crippen molar-refractivity contribution in [2.24, 2.45) is 0 Å². The highest BCUT2D eigenvalue weighted by Crippen LogP contribution is 2.25. The zero-order valence-corrected chi connectivity index (χ0v) is 9.74. The lowest BCUT2D eigenvalue weighted by Crippen LogP contribution is -1.88. The number of benzene rings is 2. The summed E-state index contributed by atoms with van der Waals surface area (Å²) in [5.74, 6) is 0.656. The van der Waals surface area contributed by atoms with Crippen molar-refractivity contribution >= 4 is 34.1 Å². The Bertz CT molecular complexity index is 517. The Morgan fingerprint density at radius 1 is 1.06 bits per heavy atom. The van der Waals surface area contributed by atoms with Crippen LogP contribution in [0.15, 0.2) is 42.5 Å². The topological polar surface area (TPSA) is 26.0 Å². The van der Waals surface area contributed by atoms with Gasteiger partial charge in [-0.2, -0.15) is 0 Å². The second-order valence-electron chi connectivity index (χ2n) is 3.67. The molecule has 0 aromatic heterocycles. The highest BCUT2D eigenvalue weighted by Gasteiger charge is 2.00. The van der Waals surface area contributed by atoms with Crippen molar-refractivity contribution < 1.29 is 0 Å². The van der Waals surface area contributed by atoms with Gasteiger partial charge in [0.1, 0.15) is 0 Å². The summed E-state index contributed by atoms with van der Waals surface area (Å²) in [5, 5.41) is 2.30. The molecule has 0 spiro atoms. The molecule has 2 aromatic carbocycles. The predicted molar refractivity (Wildman–Crippen MR) is 72.7 cm³/mol. The van der Waals surface area contributed by atoms with Crippen LogP contribution in [0.25, 0.3) is 16.8 Å². The summed E-state index contributed by atoms with van der Waals surface area (Å²) in [7, 11) is 0. The first-order chi connectivity index (χ1) is 7.83. The summed E-state index contributed by atoms with van der Waals surface area (Å²) in [6.07, 6.45) is 5.08. The number of hydrogen-bond donors (Lipinski definition) is 1. The van der Waals surface area contributed by atoms with Crippen LogP contribution in [0.3, 0.4) is 0 Å². The molecule has 2 aromatic rings. The number of fused-ring (bicyclic) bond motifs is 1. The molecule has 0 aliphatic rings. The lowest BCUT2D eigenvalue weighted by molar-refractivity contribution is 1.24. The van der Waals surface area contributed by atoms with E-state index in [2.05, 4.69) is 18.2 Å². The van der Waals surface area contributed by atoms with Crippen LogP contribution in [-0.4, -0.2) is 5.88 Å². The number of nitrogen functional groups attached to an aromatic ring is 1. The third-order valence-corrected chi connectivity index (χ3v) is 2.78. The number of anilines is 1. The second kappa shape index (κ2) is 5.04.